The highest BCUT2D eigenvalue weighted by Crippen LogP contribution is 2.44. The van der Waals surface area contributed by atoms with E-state index in [2.05, 4.69) is 20.8 Å². The zero-order chi connectivity index (χ0) is 17.2. The van der Waals surface area contributed by atoms with Gasteiger partial charge in [0.2, 0.25) is 11.1 Å². The highest BCUT2D eigenvalue weighted by atomic mass is 32.2. The van der Waals surface area contributed by atoms with Crippen molar-refractivity contribution in [3.63, 3.8) is 0 Å². The molecule has 2 aliphatic rings. The third-order valence-electron chi connectivity index (χ3n) is 4.68. The molecule has 0 unspecified atom stereocenters. The van der Waals surface area contributed by atoms with E-state index >= 15 is 0 Å². The average molecular weight is 359 g/mol. The van der Waals surface area contributed by atoms with Gasteiger partial charge in [0.05, 0.1) is 18.6 Å². The number of thioether (sulfide) groups is 1. The number of aromatic nitrogens is 4. The van der Waals surface area contributed by atoms with E-state index in [0.717, 1.165) is 11.4 Å². The van der Waals surface area contributed by atoms with Crippen LogP contribution < -0.4 is 10.1 Å². The summed E-state index contributed by atoms with van der Waals surface area (Å²) in [6.45, 7) is 0. The van der Waals surface area contributed by atoms with Crippen LogP contribution in [0.15, 0.2) is 29.4 Å². The Hall–Kier alpha value is -2.09. The molecule has 0 atom stereocenters. The van der Waals surface area contributed by atoms with Crippen molar-refractivity contribution in [2.45, 2.75) is 36.9 Å². The predicted octanol–water partition coefficient (Wildman–Crippen LogP) is 2.07. The molecule has 132 valence electrons. The van der Waals surface area contributed by atoms with Gasteiger partial charge in [-0.25, -0.2) is 0 Å². The number of hydrogen-bond acceptors (Lipinski definition) is 6. The number of amides is 1. The largest absolute Gasteiger partial charge is 0.497 e. The Morgan fingerprint density at radius 2 is 1.96 bits per heavy atom. The molecular weight excluding hydrogens is 338 g/mol. The molecule has 25 heavy (non-hydrogen) atoms. The number of nitrogens with one attached hydrogen (secondary N) is 1. The van der Waals surface area contributed by atoms with E-state index in [4.69, 9.17) is 4.74 Å². The van der Waals surface area contributed by atoms with Gasteiger partial charge in [-0.1, -0.05) is 11.8 Å². The number of ether oxygens (including phenoxy) is 1. The summed E-state index contributed by atoms with van der Waals surface area (Å²) in [5, 5.41) is 15.6. The Morgan fingerprint density at radius 3 is 2.56 bits per heavy atom. The maximum Gasteiger partial charge on any atom is 0.230 e. The lowest BCUT2D eigenvalue weighted by Gasteiger charge is -2.17. The molecule has 0 aliphatic heterocycles. The van der Waals surface area contributed by atoms with Crippen molar-refractivity contribution in [2.75, 3.05) is 12.9 Å². The molecule has 2 aliphatic carbocycles. The third-order valence-corrected chi connectivity index (χ3v) is 5.60. The van der Waals surface area contributed by atoms with Crippen molar-refractivity contribution >= 4 is 17.7 Å². The monoisotopic (exact) mass is 359 g/mol. The summed E-state index contributed by atoms with van der Waals surface area (Å²) < 4.78 is 6.80. The van der Waals surface area contributed by atoms with Crippen LogP contribution in [0, 0.1) is 11.8 Å². The second-order valence-corrected chi connectivity index (χ2v) is 7.57. The maximum absolute atomic E-state index is 12.3. The zero-order valence-electron chi connectivity index (χ0n) is 14.1. The fourth-order valence-corrected chi connectivity index (χ4v) is 3.75. The molecule has 0 saturated heterocycles. The summed E-state index contributed by atoms with van der Waals surface area (Å²) in [5.74, 6) is 2.57. The molecule has 4 rings (SSSR count). The van der Waals surface area contributed by atoms with Crippen LogP contribution in [0.5, 0.6) is 5.75 Å². The van der Waals surface area contributed by atoms with Crippen molar-refractivity contribution in [2.24, 2.45) is 11.8 Å². The van der Waals surface area contributed by atoms with Gasteiger partial charge in [0, 0.05) is 6.04 Å². The molecule has 7 nitrogen and oxygen atoms in total. The Labute approximate surface area is 150 Å². The van der Waals surface area contributed by atoms with E-state index < -0.39 is 0 Å². The average Bonchev–Trinajstić information content (AvgIpc) is 3.56. The summed E-state index contributed by atoms with van der Waals surface area (Å²) in [5.41, 5.74) is 0.836. The van der Waals surface area contributed by atoms with Gasteiger partial charge in [-0.15, -0.1) is 5.10 Å². The minimum atomic E-state index is 0.0677. The number of methoxy groups -OCH3 is 1. The summed E-state index contributed by atoms with van der Waals surface area (Å²) in [6, 6.07) is 7.86. The summed E-state index contributed by atoms with van der Waals surface area (Å²) in [6.07, 6.45) is 5.02. The van der Waals surface area contributed by atoms with Crippen LogP contribution in [0.4, 0.5) is 0 Å². The van der Waals surface area contributed by atoms with Crippen LogP contribution in [0.1, 0.15) is 25.7 Å². The Morgan fingerprint density at radius 1 is 1.28 bits per heavy atom. The first kappa shape index (κ1) is 16.4. The minimum Gasteiger partial charge on any atom is -0.497 e. The normalized spacial score (nSPS) is 16.9. The summed E-state index contributed by atoms with van der Waals surface area (Å²) >= 11 is 1.36. The van der Waals surface area contributed by atoms with E-state index in [1.807, 2.05) is 24.3 Å². The van der Waals surface area contributed by atoms with Gasteiger partial charge in [0.15, 0.2) is 0 Å². The van der Waals surface area contributed by atoms with Crippen molar-refractivity contribution < 1.29 is 9.53 Å². The van der Waals surface area contributed by atoms with Crippen LogP contribution in [0.3, 0.4) is 0 Å². The van der Waals surface area contributed by atoms with Crippen LogP contribution in [-0.4, -0.2) is 45.0 Å². The molecule has 0 bridgehead atoms. The molecule has 1 amide bonds. The molecule has 2 fully saturated rings. The van der Waals surface area contributed by atoms with Crippen LogP contribution in [0.25, 0.3) is 5.69 Å². The first-order chi connectivity index (χ1) is 12.2. The molecule has 1 aromatic heterocycles. The second-order valence-electron chi connectivity index (χ2n) is 6.63. The van der Waals surface area contributed by atoms with E-state index in [1.54, 1.807) is 11.8 Å². The highest BCUT2D eigenvalue weighted by Gasteiger charge is 2.42. The Balaban J connectivity index is 1.36. The van der Waals surface area contributed by atoms with Gasteiger partial charge in [0.25, 0.3) is 0 Å². The quantitative estimate of drug-likeness (QED) is 0.727. The SMILES string of the molecule is COc1ccc(-n2nnnc2SCC(=O)NC(C2CC2)C2CC2)cc1. The molecule has 2 saturated carbocycles. The van der Waals surface area contributed by atoms with Gasteiger partial charge in [-0.2, -0.15) is 4.68 Å². The number of nitrogens with zero attached hydrogens (tertiary/aromatic N) is 4. The lowest BCUT2D eigenvalue weighted by atomic mass is 10.1. The molecule has 8 heteroatoms. The topological polar surface area (TPSA) is 81.9 Å². The Kier molecular flexibility index (Phi) is 4.61. The van der Waals surface area contributed by atoms with Gasteiger partial charge in [-0.05, 0) is 72.2 Å². The predicted molar refractivity (Wildman–Crippen MR) is 93.8 cm³/mol. The molecule has 2 aromatic rings. The van der Waals surface area contributed by atoms with Crippen molar-refractivity contribution in [1.82, 2.24) is 25.5 Å². The fraction of sp³-hybridized carbons (Fsp3) is 0.529. The molecule has 0 spiro atoms. The highest BCUT2D eigenvalue weighted by molar-refractivity contribution is 7.99. The number of benzene rings is 1. The molecule has 1 heterocycles. The molecule has 0 radical (unpaired) electrons. The van der Waals surface area contributed by atoms with E-state index in [1.165, 1.54) is 37.4 Å². The standard InChI is InChI=1S/C17H21N5O2S/c1-24-14-8-6-13(7-9-14)22-17(19-20-21-22)25-10-15(23)18-16(11-2-3-11)12-4-5-12/h6-9,11-12,16H,2-5,10H2,1H3,(H,18,23). The van der Waals surface area contributed by atoms with E-state index in [-0.39, 0.29) is 5.91 Å². The molecular formula is C17H21N5O2S. The number of carbonyl (C=O) groups excluding carboxylic acids is 1. The lowest BCUT2D eigenvalue weighted by molar-refractivity contribution is -0.119. The number of carbonyl (C=O) groups is 1. The van der Waals surface area contributed by atoms with E-state index in [9.17, 15) is 4.79 Å². The molecule has 1 N–H and O–H groups in total. The van der Waals surface area contributed by atoms with Crippen molar-refractivity contribution in [1.29, 1.82) is 0 Å². The zero-order valence-corrected chi connectivity index (χ0v) is 14.9. The number of rotatable bonds is 8. The van der Waals surface area contributed by atoms with E-state index in [0.29, 0.717) is 28.8 Å². The number of tetrazole rings is 1. The van der Waals surface area contributed by atoms with Gasteiger partial charge >= 0.3 is 0 Å². The minimum absolute atomic E-state index is 0.0677. The van der Waals surface area contributed by atoms with Crippen LogP contribution in [0.2, 0.25) is 0 Å². The number of hydrogen-bond donors (Lipinski definition) is 1. The van der Waals surface area contributed by atoms with Crippen LogP contribution >= 0.6 is 11.8 Å². The van der Waals surface area contributed by atoms with Gasteiger partial charge < -0.3 is 10.1 Å². The fourth-order valence-electron chi connectivity index (χ4n) is 3.04. The second kappa shape index (κ2) is 7.03. The third kappa shape index (κ3) is 3.95. The van der Waals surface area contributed by atoms with Gasteiger partial charge in [-0.3, -0.25) is 4.79 Å². The lowest BCUT2D eigenvalue weighted by Crippen LogP contribution is -2.39. The smallest absolute Gasteiger partial charge is 0.230 e. The summed E-state index contributed by atoms with van der Waals surface area (Å²) in [4.78, 5) is 12.3. The van der Waals surface area contributed by atoms with Gasteiger partial charge in [0.1, 0.15) is 5.75 Å². The maximum atomic E-state index is 12.3. The summed E-state index contributed by atoms with van der Waals surface area (Å²) in [7, 11) is 1.63. The Bertz CT molecular complexity index is 728. The van der Waals surface area contributed by atoms with Crippen molar-refractivity contribution in [3.05, 3.63) is 24.3 Å². The first-order valence-corrected chi connectivity index (χ1v) is 9.58. The van der Waals surface area contributed by atoms with Crippen LogP contribution in [-0.2, 0) is 4.79 Å². The molecule has 1 aromatic carbocycles. The first-order valence-electron chi connectivity index (χ1n) is 8.59. The van der Waals surface area contributed by atoms with Crippen molar-refractivity contribution in [3.8, 4) is 11.4 Å².